The lowest BCUT2D eigenvalue weighted by atomic mass is 10.1. The Morgan fingerprint density at radius 3 is 2.74 bits per heavy atom. The third-order valence-electron chi connectivity index (χ3n) is 4.20. The summed E-state index contributed by atoms with van der Waals surface area (Å²) in [6.45, 7) is 2.89. The molecular formula is C18H19N5. The van der Waals surface area contributed by atoms with E-state index in [0.717, 1.165) is 37.6 Å². The van der Waals surface area contributed by atoms with E-state index < -0.39 is 0 Å². The Kier molecular flexibility index (Phi) is 3.78. The van der Waals surface area contributed by atoms with Gasteiger partial charge in [0.15, 0.2) is 5.82 Å². The minimum Gasteiger partial charge on any atom is -0.338 e. The predicted octanol–water partition coefficient (Wildman–Crippen LogP) is 3.11. The number of benzene rings is 1. The molecule has 1 aromatic carbocycles. The maximum Gasteiger partial charge on any atom is 0.156 e. The number of H-pyrrole nitrogens is 1. The van der Waals surface area contributed by atoms with Gasteiger partial charge in [-0.1, -0.05) is 18.2 Å². The molecule has 2 N–H and O–H groups in total. The third kappa shape index (κ3) is 3.10. The van der Waals surface area contributed by atoms with Gasteiger partial charge in [-0.15, -0.1) is 0 Å². The molecule has 116 valence electrons. The molecular weight excluding hydrogens is 286 g/mol. The molecule has 0 bridgehead atoms. The molecule has 1 aliphatic rings. The second-order valence-electron chi connectivity index (χ2n) is 5.84. The first-order valence-electron chi connectivity index (χ1n) is 7.88. The van der Waals surface area contributed by atoms with Crippen molar-refractivity contribution in [2.75, 3.05) is 11.9 Å². The van der Waals surface area contributed by atoms with Crippen LogP contribution >= 0.6 is 0 Å². The highest BCUT2D eigenvalue weighted by Crippen LogP contribution is 2.27. The molecule has 0 atom stereocenters. The normalized spacial score (nSPS) is 14.4. The van der Waals surface area contributed by atoms with Crippen molar-refractivity contribution in [3.05, 3.63) is 71.7 Å². The van der Waals surface area contributed by atoms with Crippen LogP contribution in [0, 0.1) is 0 Å². The lowest BCUT2D eigenvalue weighted by Crippen LogP contribution is -2.30. The standard InChI is InChI=1S/C18H19N5/c1-2-4-15(5-3-1)20-18-16-13-23(11-8-17(16)21-22-18)12-14-6-9-19-10-7-14/h1-7,9-10H,8,11-13H2,(H2,20,21,22). The summed E-state index contributed by atoms with van der Waals surface area (Å²) < 4.78 is 0. The van der Waals surface area contributed by atoms with Crippen LogP contribution in [0.5, 0.6) is 0 Å². The number of para-hydroxylation sites is 1. The number of rotatable bonds is 4. The Morgan fingerprint density at radius 1 is 1.09 bits per heavy atom. The Morgan fingerprint density at radius 2 is 1.91 bits per heavy atom. The molecule has 0 unspecified atom stereocenters. The van der Waals surface area contributed by atoms with Gasteiger partial charge in [-0.3, -0.25) is 15.0 Å². The van der Waals surface area contributed by atoms with E-state index in [9.17, 15) is 0 Å². The molecule has 0 saturated heterocycles. The fourth-order valence-electron chi connectivity index (χ4n) is 2.99. The summed E-state index contributed by atoms with van der Waals surface area (Å²) in [5.74, 6) is 0.936. The van der Waals surface area contributed by atoms with E-state index in [1.54, 1.807) is 0 Å². The first-order chi connectivity index (χ1) is 11.4. The lowest BCUT2D eigenvalue weighted by molar-refractivity contribution is 0.245. The molecule has 5 heteroatoms. The summed E-state index contributed by atoms with van der Waals surface area (Å²) >= 11 is 0. The molecule has 0 amide bonds. The van der Waals surface area contributed by atoms with Crippen LogP contribution in [0.4, 0.5) is 11.5 Å². The van der Waals surface area contributed by atoms with Crippen LogP contribution in [0.25, 0.3) is 0 Å². The number of fused-ring (bicyclic) bond motifs is 1. The maximum absolute atomic E-state index is 4.46. The highest BCUT2D eigenvalue weighted by Gasteiger charge is 2.22. The number of aromatic nitrogens is 3. The van der Waals surface area contributed by atoms with Crippen molar-refractivity contribution < 1.29 is 0 Å². The topological polar surface area (TPSA) is 56.8 Å². The average molecular weight is 305 g/mol. The summed E-state index contributed by atoms with van der Waals surface area (Å²) in [6.07, 6.45) is 4.71. The first-order valence-corrected chi connectivity index (χ1v) is 7.88. The van der Waals surface area contributed by atoms with E-state index in [-0.39, 0.29) is 0 Å². The zero-order chi connectivity index (χ0) is 15.5. The number of hydrogen-bond donors (Lipinski definition) is 2. The van der Waals surface area contributed by atoms with Crippen LogP contribution < -0.4 is 5.32 Å². The molecule has 0 spiro atoms. The quantitative estimate of drug-likeness (QED) is 0.777. The third-order valence-corrected chi connectivity index (χ3v) is 4.20. The molecule has 0 fully saturated rings. The van der Waals surface area contributed by atoms with Crippen LogP contribution in [0.2, 0.25) is 0 Å². The van der Waals surface area contributed by atoms with Gasteiger partial charge in [0.1, 0.15) is 0 Å². The largest absolute Gasteiger partial charge is 0.338 e. The van der Waals surface area contributed by atoms with Crippen molar-refractivity contribution >= 4 is 11.5 Å². The fourth-order valence-corrected chi connectivity index (χ4v) is 2.99. The Bertz CT molecular complexity index is 767. The molecule has 23 heavy (non-hydrogen) atoms. The Labute approximate surface area is 135 Å². The second-order valence-corrected chi connectivity index (χ2v) is 5.84. The van der Waals surface area contributed by atoms with Crippen LogP contribution in [0.3, 0.4) is 0 Å². The molecule has 0 radical (unpaired) electrons. The van der Waals surface area contributed by atoms with Gasteiger partial charge in [0, 0.05) is 55.4 Å². The molecule has 5 nitrogen and oxygen atoms in total. The number of nitrogens with zero attached hydrogens (tertiary/aromatic N) is 3. The van der Waals surface area contributed by atoms with Crippen LogP contribution in [0.15, 0.2) is 54.9 Å². The van der Waals surface area contributed by atoms with Gasteiger partial charge in [-0.25, -0.2) is 0 Å². The summed E-state index contributed by atoms with van der Waals surface area (Å²) in [5, 5.41) is 11.1. The first kappa shape index (κ1) is 14.0. The van der Waals surface area contributed by atoms with E-state index in [1.165, 1.54) is 16.8 Å². The molecule has 0 saturated carbocycles. The zero-order valence-corrected chi connectivity index (χ0v) is 12.9. The Balaban J connectivity index is 1.51. The smallest absolute Gasteiger partial charge is 0.156 e. The van der Waals surface area contributed by atoms with Gasteiger partial charge in [0.25, 0.3) is 0 Å². The molecule has 3 heterocycles. The highest BCUT2D eigenvalue weighted by molar-refractivity contribution is 5.60. The lowest BCUT2D eigenvalue weighted by Gasteiger charge is -2.27. The van der Waals surface area contributed by atoms with Crippen molar-refractivity contribution in [3.8, 4) is 0 Å². The predicted molar refractivity (Wildman–Crippen MR) is 90.4 cm³/mol. The van der Waals surface area contributed by atoms with E-state index in [2.05, 4.69) is 49.7 Å². The van der Waals surface area contributed by atoms with Crippen LogP contribution in [0.1, 0.15) is 16.8 Å². The summed E-state index contributed by atoms with van der Waals surface area (Å²) in [5.41, 5.74) is 4.88. The van der Waals surface area contributed by atoms with Crippen LogP contribution in [-0.4, -0.2) is 26.6 Å². The van der Waals surface area contributed by atoms with Gasteiger partial charge >= 0.3 is 0 Å². The second kappa shape index (κ2) is 6.22. The summed E-state index contributed by atoms with van der Waals surface area (Å²) in [7, 11) is 0. The minimum atomic E-state index is 0.906. The molecule has 0 aliphatic carbocycles. The van der Waals surface area contributed by atoms with Crippen molar-refractivity contribution in [3.63, 3.8) is 0 Å². The molecule has 4 rings (SSSR count). The van der Waals surface area contributed by atoms with Gasteiger partial charge in [-0.05, 0) is 29.8 Å². The van der Waals surface area contributed by atoms with Gasteiger partial charge in [0.2, 0.25) is 0 Å². The number of pyridine rings is 1. The summed E-state index contributed by atoms with van der Waals surface area (Å²) in [6, 6.07) is 14.3. The molecule has 1 aliphatic heterocycles. The number of nitrogens with one attached hydrogen (secondary N) is 2. The van der Waals surface area contributed by atoms with Gasteiger partial charge in [-0.2, -0.15) is 5.10 Å². The van der Waals surface area contributed by atoms with E-state index >= 15 is 0 Å². The fraction of sp³-hybridized carbons (Fsp3) is 0.222. The summed E-state index contributed by atoms with van der Waals surface area (Å²) in [4.78, 5) is 6.53. The van der Waals surface area contributed by atoms with Crippen molar-refractivity contribution in [1.82, 2.24) is 20.1 Å². The SMILES string of the molecule is c1ccc(Nc2n[nH]c3c2CN(Cc2ccncc2)CC3)cc1. The zero-order valence-electron chi connectivity index (χ0n) is 12.9. The maximum atomic E-state index is 4.46. The molecule has 3 aromatic rings. The highest BCUT2D eigenvalue weighted by atomic mass is 15.2. The number of hydrogen-bond acceptors (Lipinski definition) is 4. The van der Waals surface area contributed by atoms with Crippen molar-refractivity contribution in [1.29, 1.82) is 0 Å². The van der Waals surface area contributed by atoms with Gasteiger partial charge < -0.3 is 5.32 Å². The van der Waals surface area contributed by atoms with Crippen molar-refractivity contribution in [2.45, 2.75) is 19.5 Å². The number of aromatic amines is 1. The van der Waals surface area contributed by atoms with Crippen LogP contribution in [-0.2, 0) is 19.5 Å². The average Bonchev–Trinajstić information content (AvgIpc) is 2.99. The van der Waals surface area contributed by atoms with Crippen molar-refractivity contribution in [2.24, 2.45) is 0 Å². The van der Waals surface area contributed by atoms with Gasteiger partial charge in [0.05, 0.1) is 0 Å². The molecule has 2 aromatic heterocycles. The Hall–Kier alpha value is -2.66. The van der Waals surface area contributed by atoms with E-state index in [1.807, 2.05) is 30.6 Å². The minimum absolute atomic E-state index is 0.906. The van der Waals surface area contributed by atoms with E-state index in [0.29, 0.717) is 0 Å². The number of anilines is 2. The van der Waals surface area contributed by atoms with E-state index in [4.69, 9.17) is 0 Å². The monoisotopic (exact) mass is 305 g/mol.